The second-order valence-corrected chi connectivity index (χ2v) is 6.01. The fourth-order valence-corrected chi connectivity index (χ4v) is 3.38. The van der Waals surface area contributed by atoms with Crippen molar-refractivity contribution in [3.63, 3.8) is 0 Å². The molecule has 5 nitrogen and oxygen atoms in total. The van der Waals surface area contributed by atoms with Gasteiger partial charge in [0.15, 0.2) is 12.4 Å². The van der Waals surface area contributed by atoms with Crippen molar-refractivity contribution in [1.29, 1.82) is 0 Å². The lowest BCUT2D eigenvalue weighted by Crippen LogP contribution is -2.43. The van der Waals surface area contributed by atoms with Gasteiger partial charge in [0.1, 0.15) is 0 Å². The van der Waals surface area contributed by atoms with E-state index in [0.717, 1.165) is 24.9 Å². The molecule has 0 spiro atoms. The standard InChI is InChI=1S/C15H23N3O2S/c1-2-18(13-6-4-3-5-7-13)14(19)10-20-17-15(16)12-8-9-21-11-12/h8-9,11,13H,2-7,10H2,1H3,(H2,16,17). The highest BCUT2D eigenvalue weighted by Crippen LogP contribution is 2.22. The maximum absolute atomic E-state index is 12.2. The molecule has 1 heterocycles. The summed E-state index contributed by atoms with van der Waals surface area (Å²) in [6.07, 6.45) is 5.89. The second-order valence-electron chi connectivity index (χ2n) is 5.23. The molecule has 1 aromatic rings. The fourth-order valence-electron chi connectivity index (χ4n) is 2.73. The molecule has 0 aromatic carbocycles. The number of hydrogen-bond acceptors (Lipinski definition) is 4. The zero-order chi connectivity index (χ0) is 15.1. The Hall–Kier alpha value is -1.56. The molecule has 116 valence electrons. The summed E-state index contributed by atoms with van der Waals surface area (Å²) in [7, 11) is 0. The van der Waals surface area contributed by atoms with E-state index in [2.05, 4.69) is 5.16 Å². The Morgan fingerprint density at radius 1 is 1.48 bits per heavy atom. The van der Waals surface area contributed by atoms with E-state index in [1.165, 1.54) is 19.3 Å². The average Bonchev–Trinajstić information content (AvgIpc) is 3.03. The van der Waals surface area contributed by atoms with Crippen LogP contribution >= 0.6 is 11.3 Å². The van der Waals surface area contributed by atoms with E-state index < -0.39 is 0 Å². The van der Waals surface area contributed by atoms with Crippen molar-refractivity contribution in [3.05, 3.63) is 22.4 Å². The molecule has 0 bridgehead atoms. The molecule has 2 rings (SSSR count). The number of rotatable bonds is 6. The Bertz CT molecular complexity index is 467. The molecule has 1 aliphatic carbocycles. The van der Waals surface area contributed by atoms with Crippen molar-refractivity contribution in [2.24, 2.45) is 10.9 Å². The minimum Gasteiger partial charge on any atom is -0.384 e. The number of likely N-dealkylation sites (N-methyl/N-ethyl adjacent to an activating group) is 1. The summed E-state index contributed by atoms with van der Waals surface area (Å²) in [6.45, 7) is 2.68. The van der Waals surface area contributed by atoms with Crippen molar-refractivity contribution in [3.8, 4) is 0 Å². The summed E-state index contributed by atoms with van der Waals surface area (Å²) < 4.78 is 0. The predicted molar refractivity (Wildman–Crippen MR) is 85.3 cm³/mol. The fraction of sp³-hybridized carbons (Fsp3) is 0.600. The van der Waals surface area contributed by atoms with Crippen molar-refractivity contribution in [1.82, 2.24) is 4.90 Å². The van der Waals surface area contributed by atoms with Gasteiger partial charge in [-0.3, -0.25) is 4.79 Å². The Kier molecular flexibility index (Phi) is 6.04. The first-order valence-electron chi connectivity index (χ1n) is 7.49. The molecule has 0 unspecified atom stereocenters. The van der Waals surface area contributed by atoms with Gasteiger partial charge in [-0.25, -0.2) is 0 Å². The Morgan fingerprint density at radius 3 is 2.86 bits per heavy atom. The Labute approximate surface area is 129 Å². The van der Waals surface area contributed by atoms with Gasteiger partial charge in [-0.05, 0) is 31.2 Å². The molecule has 1 amide bonds. The molecule has 21 heavy (non-hydrogen) atoms. The van der Waals surface area contributed by atoms with E-state index in [1.54, 1.807) is 11.3 Å². The van der Waals surface area contributed by atoms with Gasteiger partial charge in [0.05, 0.1) is 0 Å². The van der Waals surface area contributed by atoms with E-state index in [1.807, 2.05) is 28.7 Å². The van der Waals surface area contributed by atoms with Gasteiger partial charge < -0.3 is 15.5 Å². The lowest BCUT2D eigenvalue weighted by molar-refractivity contribution is -0.138. The number of carbonyl (C=O) groups excluding carboxylic acids is 1. The summed E-state index contributed by atoms with van der Waals surface area (Å²) >= 11 is 1.54. The van der Waals surface area contributed by atoms with Crippen LogP contribution in [0.15, 0.2) is 22.0 Å². The minimum absolute atomic E-state index is 0.00808. The van der Waals surface area contributed by atoms with Crippen LogP contribution in [-0.2, 0) is 9.63 Å². The van der Waals surface area contributed by atoms with Crippen LogP contribution in [0.4, 0.5) is 0 Å². The van der Waals surface area contributed by atoms with Crippen LogP contribution in [0.5, 0.6) is 0 Å². The van der Waals surface area contributed by atoms with Gasteiger partial charge in [-0.2, -0.15) is 11.3 Å². The molecular formula is C15H23N3O2S. The first-order chi connectivity index (χ1) is 10.2. The van der Waals surface area contributed by atoms with Gasteiger partial charge in [-0.1, -0.05) is 24.4 Å². The quantitative estimate of drug-likeness (QED) is 0.499. The van der Waals surface area contributed by atoms with Gasteiger partial charge in [0.2, 0.25) is 0 Å². The van der Waals surface area contributed by atoms with Crippen LogP contribution in [0.25, 0.3) is 0 Å². The Balaban J connectivity index is 1.83. The maximum Gasteiger partial charge on any atom is 0.263 e. The minimum atomic E-state index is -0.0465. The van der Waals surface area contributed by atoms with E-state index >= 15 is 0 Å². The highest BCUT2D eigenvalue weighted by molar-refractivity contribution is 7.08. The molecule has 1 aliphatic rings. The maximum atomic E-state index is 12.2. The number of nitrogens with zero attached hydrogens (tertiary/aromatic N) is 2. The van der Waals surface area contributed by atoms with Crippen molar-refractivity contribution >= 4 is 23.1 Å². The third-order valence-corrected chi connectivity index (χ3v) is 4.53. The molecule has 6 heteroatoms. The third-order valence-electron chi connectivity index (χ3n) is 3.84. The van der Waals surface area contributed by atoms with Crippen molar-refractivity contribution in [2.75, 3.05) is 13.2 Å². The second kappa shape index (κ2) is 8.02. The van der Waals surface area contributed by atoms with Gasteiger partial charge in [0.25, 0.3) is 5.91 Å². The van der Waals surface area contributed by atoms with Crippen LogP contribution in [0, 0.1) is 0 Å². The van der Waals surface area contributed by atoms with Crippen LogP contribution in [0.1, 0.15) is 44.6 Å². The summed E-state index contributed by atoms with van der Waals surface area (Å²) in [5, 5.41) is 7.64. The van der Waals surface area contributed by atoms with Crippen molar-refractivity contribution in [2.45, 2.75) is 45.1 Å². The number of thiophene rings is 1. The molecule has 0 aliphatic heterocycles. The third kappa shape index (κ3) is 4.46. The zero-order valence-electron chi connectivity index (χ0n) is 12.5. The summed E-state index contributed by atoms with van der Waals surface area (Å²) in [5.41, 5.74) is 6.61. The predicted octanol–water partition coefficient (Wildman–Crippen LogP) is 2.57. The number of oxime groups is 1. The first kappa shape index (κ1) is 15.8. The summed E-state index contributed by atoms with van der Waals surface area (Å²) in [5.74, 6) is 0.302. The molecular weight excluding hydrogens is 286 g/mol. The summed E-state index contributed by atoms with van der Waals surface area (Å²) in [4.78, 5) is 19.3. The van der Waals surface area contributed by atoms with E-state index in [4.69, 9.17) is 10.6 Å². The highest BCUT2D eigenvalue weighted by Gasteiger charge is 2.24. The molecule has 1 fully saturated rings. The first-order valence-corrected chi connectivity index (χ1v) is 8.44. The van der Waals surface area contributed by atoms with Crippen LogP contribution < -0.4 is 5.73 Å². The normalized spacial score (nSPS) is 16.7. The van der Waals surface area contributed by atoms with Gasteiger partial charge in [-0.15, -0.1) is 0 Å². The lowest BCUT2D eigenvalue weighted by atomic mass is 9.94. The monoisotopic (exact) mass is 309 g/mol. The number of hydrogen-bond donors (Lipinski definition) is 1. The average molecular weight is 309 g/mol. The van der Waals surface area contributed by atoms with E-state index in [0.29, 0.717) is 11.9 Å². The lowest BCUT2D eigenvalue weighted by Gasteiger charge is -2.33. The van der Waals surface area contributed by atoms with Gasteiger partial charge in [0, 0.05) is 23.5 Å². The van der Waals surface area contributed by atoms with Crippen molar-refractivity contribution < 1.29 is 9.63 Å². The molecule has 2 N–H and O–H groups in total. The number of carbonyl (C=O) groups is 1. The molecule has 0 radical (unpaired) electrons. The largest absolute Gasteiger partial charge is 0.384 e. The molecule has 0 atom stereocenters. The Morgan fingerprint density at radius 2 is 2.24 bits per heavy atom. The molecule has 1 aromatic heterocycles. The summed E-state index contributed by atoms with van der Waals surface area (Å²) in [6, 6.07) is 2.23. The van der Waals surface area contributed by atoms with E-state index in [9.17, 15) is 4.79 Å². The highest BCUT2D eigenvalue weighted by atomic mass is 32.1. The molecule has 0 saturated heterocycles. The van der Waals surface area contributed by atoms with Crippen LogP contribution in [0.2, 0.25) is 0 Å². The smallest absolute Gasteiger partial charge is 0.263 e. The van der Waals surface area contributed by atoms with Crippen LogP contribution in [0.3, 0.4) is 0 Å². The van der Waals surface area contributed by atoms with E-state index in [-0.39, 0.29) is 12.5 Å². The SMILES string of the molecule is CCN(C(=O)CO/N=C(/N)c1ccsc1)C1CCCCC1. The number of amidine groups is 1. The number of amides is 1. The van der Waals surface area contributed by atoms with Gasteiger partial charge >= 0.3 is 0 Å². The topological polar surface area (TPSA) is 67.9 Å². The van der Waals surface area contributed by atoms with Crippen LogP contribution in [-0.4, -0.2) is 35.8 Å². The number of nitrogens with two attached hydrogens (primary N) is 1. The zero-order valence-corrected chi connectivity index (χ0v) is 13.3. The molecule has 1 saturated carbocycles.